The number of aliphatic hydroxyl groups excluding tert-OH is 1. The van der Waals surface area contributed by atoms with Crippen molar-refractivity contribution in [3.8, 4) is 0 Å². The highest BCUT2D eigenvalue weighted by atomic mass is 127. The predicted octanol–water partition coefficient (Wildman–Crippen LogP) is 3.87. The summed E-state index contributed by atoms with van der Waals surface area (Å²) in [5.74, 6) is 0.618. The molecule has 186 valence electrons. The maximum Gasteiger partial charge on any atom is 0.191 e. The Hall–Kier alpha value is -1.13. The van der Waals surface area contributed by atoms with Crippen LogP contribution in [0.2, 0.25) is 0 Å². The van der Waals surface area contributed by atoms with Crippen molar-refractivity contribution >= 4 is 35.6 Å². The van der Waals surface area contributed by atoms with Crippen LogP contribution in [0.3, 0.4) is 0 Å². The summed E-state index contributed by atoms with van der Waals surface area (Å²) in [6.07, 6.45) is 8.96. The second kappa shape index (κ2) is 13.1. The minimum Gasteiger partial charge on any atom is -0.393 e. The van der Waals surface area contributed by atoms with E-state index in [0.717, 1.165) is 37.0 Å². The molecule has 0 spiro atoms. The number of aliphatic imine (C=N–C) groups is 1. The van der Waals surface area contributed by atoms with E-state index >= 15 is 0 Å². The summed E-state index contributed by atoms with van der Waals surface area (Å²) in [7, 11) is 0. The minimum absolute atomic E-state index is 0. The summed E-state index contributed by atoms with van der Waals surface area (Å²) in [6.45, 7) is 7.06. The smallest absolute Gasteiger partial charge is 0.191 e. The van der Waals surface area contributed by atoms with Crippen LogP contribution in [0.5, 0.6) is 0 Å². The third-order valence-electron chi connectivity index (χ3n) is 7.29. The third kappa shape index (κ3) is 7.42. The Morgan fingerprint density at radius 2 is 1.76 bits per heavy atom. The molecule has 3 fully saturated rings. The van der Waals surface area contributed by atoms with Crippen molar-refractivity contribution < 1.29 is 9.50 Å². The van der Waals surface area contributed by atoms with E-state index in [1.54, 1.807) is 6.07 Å². The SMILES string of the molecule is CCNC(=NCc1ccc(N2CCC(O)CC2)c(F)c1)NC1CCN(C2CCCC2)CC1.I. The van der Waals surface area contributed by atoms with E-state index in [4.69, 9.17) is 4.99 Å². The lowest BCUT2D eigenvalue weighted by molar-refractivity contribution is 0.145. The van der Waals surface area contributed by atoms with Gasteiger partial charge in [-0.25, -0.2) is 9.38 Å². The van der Waals surface area contributed by atoms with Crippen LogP contribution in [-0.4, -0.2) is 66.9 Å². The van der Waals surface area contributed by atoms with Gasteiger partial charge in [-0.2, -0.15) is 0 Å². The summed E-state index contributed by atoms with van der Waals surface area (Å²) in [6, 6.07) is 6.69. The van der Waals surface area contributed by atoms with E-state index in [-0.39, 0.29) is 35.9 Å². The van der Waals surface area contributed by atoms with Gasteiger partial charge in [0.1, 0.15) is 5.82 Å². The molecular formula is C25H41FIN5O. The van der Waals surface area contributed by atoms with Gasteiger partial charge in [0, 0.05) is 44.8 Å². The number of hydrogen-bond acceptors (Lipinski definition) is 4. The molecule has 6 nitrogen and oxygen atoms in total. The summed E-state index contributed by atoms with van der Waals surface area (Å²) >= 11 is 0. The van der Waals surface area contributed by atoms with Crippen LogP contribution in [-0.2, 0) is 6.54 Å². The number of nitrogens with zero attached hydrogens (tertiary/aromatic N) is 3. The number of hydrogen-bond donors (Lipinski definition) is 3. The van der Waals surface area contributed by atoms with Crippen molar-refractivity contribution in [1.29, 1.82) is 0 Å². The number of anilines is 1. The number of likely N-dealkylation sites (tertiary alicyclic amines) is 1. The molecule has 1 aliphatic carbocycles. The van der Waals surface area contributed by atoms with Crippen LogP contribution in [0.25, 0.3) is 0 Å². The number of benzene rings is 1. The molecule has 33 heavy (non-hydrogen) atoms. The molecule has 0 amide bonds. The molecule has 4 rings (SSSR count). The second-order valence-corrected chi connectivity index (χ2v) is 9.59. The molecule has 2 aliphatic heterocycles. The average molecular weight is 574 g/mol. The Kier molecular flexibility index (Phi) is 10.5. The quantitative estimate of drug-likeness (QED) is 0.274. The van der Waals surface area contributed by atoms with E-state index in [2.05, 4.69) is 22.5 Å². The van der Waals surface area contributed by atoms with Crippen LogP contribution in [0, 0.1) is 5.82 Å². The molecule has 3 aliphatic rings. The molecule has 3 N–H and O–H groups in total. The molecule has 8 heteroatoms. The fourth-order valence-electron chi connectivity index (χ4n) is 5.37. The van der Waals surface area contributed by atoms with Crippen LogP contribution in [0.4, 0.5) is 10.1 Å². The van der Waals surface area contributed by atoms with Crippen molar-refractivity contribution in [1.82, 2.24) is 15.5 Å². The van der Waals surface area contributed by atoms with E-state index < -0.39 is 0 Å². The van der Waals surface area contributed by atoms with Crippen LogP contribution in [0.1, 0.15) is 63.9 Å². The van der Waals surface area contributed by atoms with Crippen LogP contribution in [0.15, 0.2) is 23.2 Å². The second-order valence-electron chi connectivity index (χ2n) is 9.59. The minimum atomic E-state index is -0.255. The molecule has 1 aromatic carbocycles. The third-order valence-corrected chi connectivity index (χ3v) is 7.29. The molecule has 1 saturated carbocycles. The molecule has 1 aromatic rings. The number of aliphatic hydroxyl groups is 1. The maximum atomic E-state index is 14.8. The summed E-state index contributed by atoms with van der Waals surface area (Å²) in [4.78, 5) is 9.44. The monoisotopic (exact) mass is 573 g/mol. The molecule has 0 aromatic heterocycles. The number of piperidine rings is 2. The first-order valence-electron chi connectivity index (χ1n) is 12.6. The zero-order chi connectivity index (χ0) is 22.3. The van der Waals surface area contributed by atoms with Crippen molar-refractivity contribution in [3.63, 3.8) is 0 Å². The van der Waals surface area contributed by atoms with Gasteiger partial charge in [-0.05, 0) is 63.1 Å². The molecule has 0 bridgehead atoms. The number of halogens is 2. The topological polar surface area (TPSA) is 63.1 Å². The molecule has 2 saturated heterocycles. The van der Waals surface area contributed by atoms with Gasteiger partial charge in [0.15, 0.2) is 5.96 Å². The highest BCUT2D eigenvalue weighted by molar-refractivity contribution is 14.0. The Balaban J connectivity index is 0.00000306. The van der Waals surface area contributed by atoms with Crippen molar-refractivity contribution in [3.05, 3.63) is 29.6 Å². The number of nitrogens with one attached hydrogen (secondary N) is 2. The number of guanidine groups is 1. The van der Waals surface area contributed by atoms with E-state index in [1.807, 2.05) is 17.0 Å². The highest BCUT2D eigenvalue weighted by Gasteiger charge is 2.27. The Morgan fingerprint density at radius 1 is 1.06 bits per heavy atom. The Bertz CT molecular complexity index is 757. The van der Waals surface area contributed by atoms with Gasteiger partial charge in [0.25, 0.3) is 0 Å². The van der Waals surface area contributed by atoms with Gasteiger partial charge in [-0.1, -0.05) is 18.9 Å². The first-order chi connectivity index (χ1) is 15.6. The molecule has 0 radical (unpaired) electrons. The molecule has 2 heterocycles. The van der Waals surface area contributed by atoms with Gasteiger partial charge >= 0.3 is 0 Å². The standard InChI is InChI=1S/C25H40FN5O.HI/c1-2-27-25(29-20-9-13-30(14-10-20)21-5-3-4-6-21)28-18-19-7-8-24(23(26)17-19)31-15-11-22(32)12-16-31;/h7-8,17,20-22,32H,2-6,9-16,18H2,1H3,(H2,27,28,29);1H. The van der Waals surface area contributed by atoms with E-state index in [0.29, 0.717) is 44.2 Å². The lowest BCUT2D eigenvalue weighted by atomic mass is 10.0. The van der Waals surface area contributed by atoms with Gasteiger partial charge in [0.2, 0.25) is 0 Å². The highest BCUT2D eigenvalue weighted by Crippen LogP contribution is 2.26. The maximum absolute atomic E-state index is 14.8. The normalized spacial score (nSPS) is 21.8. The predicted molar refractivity (Wildman–Crippen MR) is 144 cm³/mol. The van der Waals surface area contributed by atoms with Crippen molar-refractivity contribution in [2.45, 2.75) is 83.0 Å². The summed E-state index contributed by atoms with van der Waals surface area (Å²) < 4.78 is 14.8. The van der Waals surface area contributed by atoms with Crippen molar-refractivity contribution in [2.24, 2.45) is 4.99 Å². The lowest BCUT2D eigenvalue weighted by Gasteiger charge is -2.36. The summed E-state index contributed by atoms with van der Waals surface area (Å²) in [5, 5.41) is 16.6. The van der Waals surface area contributed by atoms with E-state index in [1.165, 1.54) is 38.8 Å². The van der Waals surface area contributed by atoms with Gasteiger partial charge < -0.3 is 25.5 Å². The first kappa shape index (κ1) is 26.5. The van der Waals surface area contributed by atoms with Crippen molar-refractivity contribution in [2.75, 3.05) is 37.6 Å². The Labute approximate surface area is 215 Å². The molecular weight excluding hydrogens is 532 g/mol. The van der Waals surface area contributed by atoms with Crippen LogP contribution >= 0.6 is 24.0 Å². The first-order valence-corrected chi connectivity index (χ1v) is 12.6. The van der Waals surface area contributed by atoms with E-state index in [9.17, 15) is 9.50 Å². The Morgan fingerprint density at radius 3 is 2.39 bits per heavy atom. The molecule has 0 unspecified atom stereocenters. The average Bonchev–Trinajstić information content (AvgIpc) is 3.34. The molecule has 0 atom stereocenters. The van der Waals surface area contributed by atoms with Gasteiger partial charge in [-0.3, -0.25) is 0 Å². The van der Waals surface area contributed by atoms with Crippen LogP contribution < -0.4 is 15.5 Å². The largest absolute Gasteiger partial charge is 0.393 e. The fraction of sp³-hybridized carbons (Fsp3) is 0.720. The summed E-state index contributed by atoms with van der Waals surface area (Å²) in [5.41, 5.74) is 1.50. The number of rotatable bonds is 6. The lowest BCUT2D eigenvalue weighted by Crippen LogP contribution is -2.50. The van der Waals surface area contributed by atoms with Gasteiger partial charge in [0.05, 0.1) is 18.3 Å². The zero-order valence-corrected chi connectivity index (χ0v) is 22.3. The van der Waals surface area contributed by atoms with Gasteiger partial charge in [-0.15, -0.1) is 24.0 Å². The zero-order valence-electron chi connectivity index (χ0n) is 19.9. The fourth-order valence-corrected chi connectivity index (χ4v) is 5.37.